The predicted molar refractivity (Wildman–Crippen MR) is 44.1 cm³/mol. The molecule has 0 fully saturated rings. The fourth-order valence-electron chi connectivity index (χ4n) is 0.793. The third-order valence-corrected chi connectivity index (χ3v) is 1.42. The highest BCUT2D eigenvalue weighted by Gasteiger charge is 2.22. The molecule has 0 heterocycles. The summed E-state index contributed by atoms with van der Waals surface area (Å²) in [5.41, 5.74) is 0. The summed E-state index contributed by atoms with van der Waals surface area (Å²) in [6.07, 6.45) is 1.49. The Kier molecular flexibility index (Phi) is 5.08. The maximum absolute atomic E-state index is 11.1. The van der Waals surface area contributed by atoms with Crippen molar-refractivity contribution in [1.82, 2.24) is 5.32 Å². The summed E-state index contributed by atoms with van der Waals surface area (Å²) < 4.78 is 4.74. The summed E-state index contributed by atoms with van der Waals surface area (Å²) in [4.78, 5) is 21.1. The van der Waals surface area contributed by atoms with Gasteiger partial charge in [-0.3, -0.25) is 4.79 Å². The van der Waals surface area contributed by atoms with Crippen molar-refractivity contribution < 1.29 is 14.3 Å². The Balaban J connectivity index is 4.08. The third kappa shape index (κ3) is 3.37. The van der Waals surface area contributed by atoms with Crippen LogP contribution in [0.5, 0.6) is 0 Å². The average Bonchev–Trinajstić information content (AvgIpc) is 1.99. The summed E-state index contributed by atoms with van der Waals surface area (Å²) >= 11 is 0. The standard InChI is InChI=1S/C8H14NO3/c1-4-12-8(11)7(6(2)3)9-5-10/h6-7H,4H2,1-3H3,(H,9,10)/t7-/m0/s1. The minimum absolute atomic E-state index is 0.0190. The maximum atomic E-state index is 11.1. The van der Waals surface area contributed by atoms with Gasteiger partial charge < -0.3 is 10.1 Å². The normalized spacial score (nSPS) is 12.3. The Morgan fingerprint density at radius 3 is 2.50 bits per heavy atom. The minimum atomic E-state index is -0.581. The third-order valence-electron chi connectivity index (χ3n) is 1.42. The number of carbonyl (C=O) groups excluding carboxylic acids is 2. The summed E-state index contributed by atoms with van der Waals surface area (Å²) in [5, 5.41) is 2.29. The van der Waals surface area contributed by atoms with Crippen LogP contribution >= 0.6 is 0 Å². The zero-order valence-electron chi connectivity index (χ0n) is 7.59. The Labute approximate surface area is 72.3 Å². The highest BCUT2D eigenvalue weighted by Crippen LogP contribution is 2.02. The number of carbonyl (C=O) groups is 1. The van der Waals surface area contributed by atoms with Crippen LogP contribution in [-0.4, -0.2) is 25.0 Å². The van der Waals surface area contributed by atoms with E-state index >= 15 is 0 Å². The van der Waals surface area contributed by atoms with Gasteiger partial charge in [0.15, 0.2) is 0 Å². The van der Waals surface area contributed by atoms with Crippen LogP contribution in [-0.2, 0) is 14.3 Å². The van der Waals surface area contributed by atoms with Crippen molar-refractivity contribution in [3.05, 3.63) is 0 Å². The lowest BCUT2D eigenvalue weighted by atomic mass is 10.1. The minimum Gasteiger partial charge on any atom is -0.464 e. The van der Waals surface area contributed by atoms with Crippen molar-refractivity contribution >= 4 is 12.4 Å². The van der Waals surface area contributed by atoms with Gasteiger partial charge in [0.2, 0.25) is 0 Å². The monoisotopic (exact) mass is 172 g/mol. The molecule has 0 unspecified atom stereocenters. The van der Waals surface area contributed by atoms with E-state index in [1.807, 2.05) is 13.8 Å². The Morgan fingerprint density at radius 2 is 2.17 bits per heavy atom. The van der Waals surface area contributed by atoms with Crippen molar-refractivity contribution in [2.75, 3.05) is 6.61 Å². The molecule has 4 nitrogen and oxygen atoms in total. The molecular weight excluding hydrogens is 158 g/mol. The Hall–Kier alpha value is -1.06. The van der Waals surface area contributed by atoms with E-state index in [9.17, 15) is 9.59 Å². The van der Waals surface area contributed by atoms with E-state index in [4.69, 9.17) is 4.74 Å². The maximum Gasteiger partial charge on any atom is 0.328 e. The molecule has 0 aromatic heterocycles. The van der Waals surface area contributed by atoms with E-state index in [2.05, 4.69) is 5.32 Å². The second kappa shape index (κ2) is 5.57. The van der Waals surface area contributed by atoms with Crippen molar-refractivity contribution in [2.24, 2.45) is 5.92 Å². The SMILES string of the molecule is CCOC(=O)[C@@H](N[C]=O)C(C)C. The molecule has 1 N–H and O–H groups in total. The van der Waals surface area contributed by atoms with Gasteiger partial charge in [0.05, 0.1) is 6.61 Å². The number of esters is 1. The molecule has 69 valence electrons. The Morgan fingerprint density at radius 1 is 1.58 bits per heavy atom. The van der Waals surface area contributed by atoms with Crippen LogP contribution in [0, 0.1) is 5.92 Å². The second-order valence-corrected chi connectivity index (χ2v) is 2.72. The van der Waals surface area contributed by atoms with E-state index in [1.165, 1.54) is 6.41 Å². The van der Waals surface area contributed by atoms with E-state index in [0.29, 0.717) is 6.61 Å². The number of ether oxygens (including phenoxy) is 1. The van der Waals surface area contributed by atoms with Crippen molar-refractivity contribution in [3.63, 3.8) is 0 Å². The number of amides is 1. The fraction of sp³-hybridized carbons (Fsp3) is 0.750. The van der Waals surface area contributed by atoms with Crippen LogP contribution in [0.3, 0.4) is 0 Å². The highest BCUT2D eigenvalue weighted by atomic mass is 16.5. The van der Waals surface area contributed by atoms with Crippen LogP contribution in [0.2, 0.25) is 0 Å². The molecule has 0 aliphatic heterocycles. The molecule has 0 bridgehead atoms. The molecule has 0 rings (SSSR count). The molecule has 0 saturated carbocycles. The first-order valence-corrected chi connectivity index (χ1v) is 3.92. The molecule has 0 aromatic rings. The quantitative estimate of drug-likeness (QED) is 0.477. The van der Waals surface area contributed by atoms with Crippen molar-refractivity contribution in [3.8, 4) is 0 Å². The second-order valence-electron chi connectivity index (χ2n) is 2.72. The summed E-state index contributed by atoms with van der Waals surface area (Å²) in [6.45, 7) is 5.69. The van der Waals surface area contributed by atoms with Crippen LogP contribution in [0.4, 0.5) is 0 Å². The van der Waals surface area contributed by atoms with Gasteiger partial charge in [-0.25, -0.2) is 4.79 Å². The smallest absolute Gasteiger partial charge is 0.328 e. The van der Waals surface area contributed by atoms with Gasteiger partial charge in [0.1, 0.15) is 6.04 Å². The van der Waals surface area contributed by atoms with Crippen molar-refractivity contribution in [1.29, 1.82) is 0 Å². The first-order chi connectivity index (χ1) is 5.63. The van der Waals surface area contributed by atoms with E-state index < -0.39 is 12.0 Å². The van der Waals surface area contributed by atoms with E-state index in [0.717, 1.165) is 0 Å². The van der Waals surface area contributed by atoms with Gasteiger partial charge in [-0.1, -0.05) is 13.8 Å². The molecule has 12 heavy (non-hydrogen) atoms. The molecule has 4 heteroatoms. The number of hydrogen-bond acceptors (Lipinski definition) is 3. The average molecular weight is 172 g/mol. The van der Waals surface area contributed by atoms with Crippen LogP contribution < -0.4 is 5.32 Å². The number of rotatable bonds is 5. The van der Waals surface area contributed by atoms with Gasteiger partial charge >= 0.3 is 12.4 Å². The zero-order valence-corrected chi connectivity index (χ0v) is 7.59. The largest absolute Gasteiger partial charge is 0.464 e. The number of hydrogen-bond donors (Lipinski definition) is 1. The first kappa shape index (κ1) is 10.9. The summed E-state index contributed by atoms with van der Waals surface area (Å²) in [6, 6.07) is -0.581. The summed E-state index contributed by atoms with van der Waals surface area (Å²) in [5.74, 6) is -0.388. The van der Waals surface area contributed by atoms with Crippen LogP contribution in [0.25, 0.3) is 0 Å². The van der Waals surface area contributed by atoms with Crippen LogP contribution in [0.15, 0.2) is 0 Å². The zero-order chi connectivity index (χ0) is 9.56. The molecular formula is C8H14NO3. The van der Waals surface area contributed by atoms with Gasteiger partial charge in [-0.05, 0) is 12.8 Å². The van der Waals surface area contributed by atoms with Gasteiger partial charge in [-0.2, -0.15) is 0 Å². The molecule has 1 radical (unpaired) electrons. The fourth-order valence-corrected chi connectivity index (χ4v) is 0.793. The summed E-state index contributed by atoms with van der Waals surface area (Å²) in [7, 11) is 0. The molecule has 0 aliphatic rings. The number of nitrogens with one attached hydrogen (secondary N) is 1. The molecule has 0 spiro atoms. The van der Waals surface area contributed by atoms with Crippen LogP contribution in [0.1, 0.15) is 20.8 Å². The predicted octanol–water partition coefficient (Wildman–Crippen LogP) is 0.231. The highest BCUT2D eigenvalue weighted by molar-refractivity contribution is 5.78. The molecule has 0 saturated heterocycles. The van der Waals surface area contributed by atoms with E-state index in [1.54, 1.807) is 6.92 Å². The lowest BCUT2D eigenvalue weighted by Crippen LogP contribution is -2.41. The topological polar surface area (TPSA) is 55.4 Å². The lowest BCUT2D eigenvalue weighted by Gasteiger charge is -2.16. The van der Waals surface area contributed by atoms with Gasteiger partial charge in [-0.15, -0.1) is 0 Å². The van der Waals surface area contributed by atoms with Gasteiger partial charge in [0.25, 0.3) is 0 Å². The van der Waals surface area contributed by atoms with Crippen molar-refractivity contribution in [2.45, 2.75) is 26.8 Å². The first-order valence-electron chi connectivity index (χ1n) is 3.92. The molecule has 0 aromatic carbocycles. The van der Waals surface area contributed by atoms with E-state index in [-0.39, 0.29) is 5.92 Å². The lowest BCUT2D eigenvalue weighted by molar-refractivity contribution is -0.146. The molecule has 1 amide bonds. The molecule has 1 atom stereocenters. The molecule has 0 aliphatic carbocycles. The van der Waals surface area contributed by atoms with Gasteiger partial charge in [0, 0.05) is 0 Å². The Bertz CT molecular complexity index is 156.